The van der Waals surface area contributed by atoms with Gasteiger partial charge < -0.3 is 19.7 Å². The number of hydrogen-bond acceptors (Lipinski definition) is 5. The zero-order valence-corrected chi connectivity index (χ0v) is 17.0. The van der Waals surface area contributed by atoms with Gasteiger partial charge in [0.25, 0.3) is 5.91 Å². The van der Waals surface area contributed by atoms with E-state index < -0.39 is 17.4 Å². The molecule has 1 aromatic heterocycles. The monoisotopic (exact) mass is 435 g/mol. The first kappa shape index (κ1) is 19.3. The van der Waals surface area contributed by atoms with Gasteiger partial charge in [0.2, 0.25) is 5.79 Å². The summed E-state index contributed by atoms with van der Waals surface area (Å²) in [6.07, 6.45) is 1.60. The Hall–Kier alpha value is -3.36. The normalized spacial score (nSPS) is 18.2. The molecule has 0 saturated carbocycles. The zero-order chi connectivity index (χ0) is 21.9. The first-order valence-corrected chi connectivity index (χ1v) is 10.4. The summed E-state index contributed by atoms with van der Waals surface area (Å²) in [5, 5.41) is 3.25. The van der Waals surface area contributed by atoms with Gasteiger partial charge in [-0.1, -0.05) is 6.07 Å². The lowest BCUT2D eigenvalue weighted by atomic mass is 9.98. The maximum Gasteiger partial charge on any atom is 0.256 e. The number of halogens is 2. The van der Waals surface area contributed by atoms with E-state index in [2.05, 4.69) is 10.3 Å². The van der Waals surface area contributed by atoms with Gasteiger partial charge in [0.05, 0.1) is 44.1 Å². The number of anilines is 1. The van der Waals surface area contributed by atoms with Crippen LogP contribution in [0.4, 0.5) is 14.5 Å². The van der Waals surface area contributed by atoms with Crippen molar-refractivity contribution in [2.24, 2.45) is 0 Å². The van der Waals surface area contributed by atoms with Gasteiger partial charge in [0, 0.05) is 23.0 Å². The van der Waals surface area contributed by atoms with Crippen LogP contribution in [0.3, 0.4) is 0 Å². The number of hydrogen-bond donors (Lipinski definition) is 1. The molecule has 1 spiro atoms. The number of nitrogens with zero attached hydrogens (tertiary/aromatic N) is 2. The average molecular weight is 435 g/mol. The molecule has 1 fully saturated rings. The molecule has 2 aromatic carbocycles. The number of ether oxygens (including phenoxy) is 2. The fraction of sp³-hybridized carbons (Fsp3) is 0.250. The van der Waals surface area contributed by atoms with Crippen LogP contribution in [-0.2, 0) is 28.4 Å². The van der Waals surface area contributed by atoms with Crippen molar-refractivity contribution in [3.8, 4) is 11.1 Å². The number of rotatable bonds is 3. The Morgan fingerprint density at radius 1 is 1.06 bits per heavy atom. The number of amides is 1. The fourth-order valence-electron chi connectivity index (χ4n) is 4.63. The molecule has 4 heterocycles. The van der Waals surface area contributed by atoms with E-state index in [0.29, 0.717) is 42.1 Å². The van der Waals surface area contributed by atoms with Gasteiger partial charge in [0.15, 0.2) is 0 Å². The second-order valence-electron chi connectivity index (χ2n) is 8.14. The summed E-state index contributed by atoms with van der Waals surface area (Å²) in [5.74, 6) is -2.51. The lowest BCUT2D eigenvalue weighted by Crippen LogP contribution is -2.29. The van der Waals surface area contributed by atoms with Crippen LogP contribution in [0.5, 0.6) is 0 Å². The Kier molecular flexibility index (Phi) is 4.28. The first-order valence-electron chi connectivity index (χ1n) is 10.4. The number of carbonyl (C=O) groups is 1. The highest BCUT2D eigenvalue weighted by atomic mass is 19.1. The van der Waals surface area contributed by atoms with Gasteiger partial charge in [-0.3, -0.25) is 9.78 Å². The fourth-order valence-corrected chi connectivity index (χ4v) is 4.63. The number of fused-ring (bicyclic) bond motifs is 3. The summed E-state index contributed by atoms with van der Waals surface area (Å²) in [6.45, 7) is 1.56. The standard InChI is InChI=1S/C24H19F2N3O3/c25-19-9-15(14-3-4-21-18(8-14)24(13-28-21)31-6-7-32-24)10-20(26)17(19)11-29-12-22-16(23(29)30)2-1-5-27-22/h1-5,8-10,28H,6-7,11-13H2. The molecule has 162 valence electrons. The van der Waals surface area contributed by atoms with Crippen molar-refractivity contribution in [1.82, 2.24) is 9.88 Å². The average Bonchev–Trinajstić information content (AvgIpc) is 3.50. The molecule has 1 amide bonds. The van der Waals surface area contributed by atoms with Gasteiger partial charge in [0.1, 0.15) is 11.6 Å². The summed E-state index contributed by atoms with van der Waals surface area (Å²) >= 11 is 0. The summed E-state index contributed by atoms with van der Waals surface area (Å²) in [6, 6.07) is 11.5. The van der Waals surface area contributed by atoms with Crippen molar-refractivity contribution in [3.63, 3.8) is 0 Å². The van der Waals surface area contributed by atoms with E-state index in [1.807, 2.05) is 12.1 Å². The molecule has 0 atom stereocenters. The lowest BCUT2D eigenvalue weighted by Gasteiger charge is -2.22. The van der Waals surface area contributed by atoms with E-state index in [0.717, 1.165) is 11.3 Å². The molecule has 1 saturated heterocycles. The highest BCUT2D eigenvalue weighted by molar-refractivity contribution is 5.97. The van der Waals surface area contributed by atoms with Crippen LogP contribution in [0.1, 0.15) is 27.2 Å². The molecule has 0 bridgehead atoms. The summed E-state index contributed by atoms with van der Waals surface area (Å²) in [4.78, 5) is 18.1. The Bertz CT molecular complexity index is 1230. The molecule has 6 nitrogen and oxygen atoms in total. The minimum atomic E-state index is -0.846. The van der Waals surface area contributed by atoms with Crippen LogP contribution < -0.4 is 5.32 Å². The molecule has 0 radical (unpaired) electrons. The molecule has 3 aromatic rings. The maximum absolute atomic E-state index is 15.0. The molecule has 0 aliphatic carbocycles. The lowest BCUT2D eigenvalue weighted by molar-refractivity contribution is -0.148. The van der Waals surface area contributed by atoms with E-state index in [4.69, 9.17) is 9.47 Å². The van der Waals surface area contributed by atoms with Gasteiger partial charge in [-0.2, -0.15) is 0 Å². The highest BCUT2D eigenvalue weighted by Crippen LogP contribution is 2.43. The Morgan fingerprint density at radius 2 is 1.84 bits per heavy atom. The smallest absolute Gasteiger partial charge is 0.256 e. The zero-order valence-electron chi connectivity index (χ0n) is 17.0. The Labute approximate surface area is 182 Å². The molecule has 32 heavy (non-hydrogen) atoms. The third-order valence-electron chi connectivity index (χ3n) is 6.27. The molecule has 1 N–H and O–H groups in total. The Balaban J connectivity index is 1.30. The van der Waals surface area contributed by atoms with E-state index >= 15 is 8.78 Å². The van der Waals surface area contributed by atoms with Crippen molar-refractivity contribution < 1.29 is 23.0 Å². The third-order valence-corrected chi connectivity index (χ3v) is 6.27. The quantitative estimate of drug-likeness (QED) is 0.678. The summed E-state index contributed by atoms with van der Waals surface area (Å²) in [7, 11) is 0. The number of carbonyl (C=O) groups excluding carboxylic acids is 1. The summed E-state index contributed by atoms with van der Waals surface area (Å²) < 4.78 is 41.7. The number of pyridine rings is 1. The van der Waals surface area contributed by atoms with Crippen LogP contribution in [0.2, 0.25) is 0 Å². The van der Waals surface area contributed by atoms with Crippen LogP contribution in [0.15, 0.2) is 48.7 Å². The van der Waals surface area contributed by atoms with E-state index in [9.17, 15) is 4.79 Å². The van der Waals surface area contributed by atoms with Gasteiger partial charge >= 0.3 is 0 Å². The number of nitrogens with one attached hydrogen (secondary N) is 1. The largest absolute Gasteiger partial charge is 0.379 e. The van der Waals surface area contributed by atoms with E-state index in [1.165, 1.54) is 17.0 Å². The maximum atomic E-state index is 15.0. The van der Waals surface area contributed by atoms with E-state index in [-0.39, 0.29) is 24.6 Å². The molecule has 6 rings (SSSR count). The topological polar surface area (TPSA) is 63.7 Å². The molecule has 3 aliphatic rings. The van der Waals surface area contributed by atoms with Gasteiger partial charge in [-0.15, -0.1) is 0 Å². The SMILES string of the molecule is O=C1c2cccnc2CN1Cc1c(F)cc(-c2ccc3c(c2)C2(CN3)OCCO2)cc1F. The van der Waals surface area contributed by atoms with Gasteiger partial charge in [-0.25, -0.2) is 8.78 Å². The molecule has 8 heteroatoms. The van der Waals surface area contributed by atoms with Crippen molar-refractivity contribution in [2.45, 2.75) is 18.9 Å². The van der Waals surface area contributed by atoms with Crippen molar-refractivity contribution in [1.29, 1.82) is 0 Å². The van der Waals surface area contributed by atoms with E-state index in [1.54, 1.807) is 24.4 Å². The number of aromatic nitrogens is 1. The first-order chi connectivity index (χ1) is 15.5. The van der Waals surface area contributed by atoms with Crippen molar-refractivity contribution >= 4 is 11.6 Å². The minimum absolute atomic E-state index is 0.142. The second kappa shape index (κ2) is 7.08. The minimum Gasteiger partial charge on any atom is -0.379 e. The number of benzene rings is 2. The third kappa shape index (κ3) is 2.91. The molecule has 0 unspecified atom stereocenters. The summed E-state index contributed by atoms with van der Waals surface area (Å²) in [5.41, 5.74) is 3.72. The second-order valence-corrected chi connectivity index (χ2v) is 8.14. The Morgan fingerprint density at radius 3 is 2.59 bits per heavy atom. The predicted octanol–water partition coefficient (Wildman–Crippen LogP) is 3.81. The molecule has 3 aliphatic heterocycles. The van der Waals surface area contributed by atoms with Gasteiger partial charge in [-0.05, 0) is 47.5 Å². The predicted molar refractivity (Wildman–Crippen MR) is 112 cm³/mol. The van der Waals surface area contributed by atoms with Crippen LogP contribution in [0, 0.1) is 11.6 Å². The van der Waals surface area contributed by atoms with Crippen molar-refractivity contribution in [3.05, 3.63) is 82.7 Å². The van der Waals surface area contributed by atoms with Crippen molar-refractivity contribution in [2.75, 3.05) is 25.1 Å². The van der Waals surface area contributed by atoms with Crippen LogP contribution in [-0.4, -0.2) is 35.5 Å². The molecular formula is C24H19F2N3O3. The molecular weight excluding hydrogens is 416 g/mol. The van der Waals surface area contributed by atoms with Crippen LogP contribution >= 0.6 is 0 Å². The highest BCUT2D eigenvalue weighted by Gasteiger charge is 2.44. The van der Waals surface area contributed by atoms with Crippen LogP contribution in [0.25, 0.3) is 11.1 Å².